The summed E-state index contributed by atoms with van der Waals surface area (Å²) in [4.78, 5) is 11.3. The Morgan fingerprint density at radius 2 is 1.80 bits per heavy atom. The smallest absolute Gasteiger partial charge is 0.174 e. The van der Waals surface area contributed by atoms with Gasteiger partial charge in [-0.1, -0.05) is 38.1 Å². The van der Waals surface area contributed by atoms with Crippen molar-refractivity contribution in [1.82, 2.24) is 19.9 Å². The second-order valence-corrected chi connectivity index (χ2v) is 9.90. The van der Waals surface area contributed by atoms with Gasteiger partial charge in [0.05, 0.1) is 17.8 Å². The SMILES string of the molecule is Cc1cc([C@H]2[C@@H](c3ccccn3)NC(=S)N2c2ccc(C(C)C)cc2)c(C)n1Cc1cccnc1. The Morgan fingerprint density at radius 3 is 2.46 bits per heavy atom. The third kappa shape index (κ3) is 4.46. The van der Waals surface area contributed by atoms with E-state index in [0.717, 1.165) is 23.0 Å². The molecule has 5 rings (SSSR count). The quantitative estimate of drug-likeness (QED) is 0.330. The predicted octanol–water partition coefficient (Wildman–Crippen LogP) is 6.24. The van der Waals surface area contributed by atoms with Crippen molar-refractivity contribution in [2.24, 2.45) is 0 Å². The van der Waals surface area contributed by atoms with Crippen LogP contribution in [0.2, 0.25) is 0 Å². The molecule has 1 aromatic carbocycles. The highest BCUT2D eigenvalue weighted by Crippen LogP contribution is 2.43. The number of nitrogens with zero attached hydrogens (tertiary/aromatic N) is 4. The van der Waals surface area contributed by atoms with Gasteiger partial charge in [-0.05, 0) is 85.1 Å². The number of nitrogens with one attached hydrogen (secondary N) is 1. The van der Waals surface area contributed by atoms with Crippen molar-refractivity contribution >= 4 is 23.0 Å². The van der Waals surface area contributed by atoms with Crippen molar-refractivity contribution < 1.29 is 0 Å². The molecule has 4 aromatic rings. The van der Waals surface area contributed by atoms with Gasteiger partial charge in [0.25, 0.3) is 0 Å². The molecule has 1 aliphatic heterocycles. The molecule has 0 unspecified atom stereocenters. The number of benzene rings is 1. The van der Waals surface area contributed by atoms with E-state index in [-0.39, 0.29) is 12.1 Å². The number of pyridine rings is 2. The van der Waals surface area contributed by atoms with Gasteiger partial charge in [-0.3, -0.25) is 9.97 Å². The molecule has 0 radical (unpaired) electrons. The second-order valence-electron chi connectivity index (χ2n) is 9.52. The second kappa shape index (κ2) is 9.62. The maximum atomic E-state index is 5.92. The fraction of sp³-hybridized carbons (Fsp3) is 0.276. The summed E-state index contributed by atoms with van der Waals surface area (Å²) in [6, 6.07) is 21.2. The fourth-order valence-corrected chi connectivity index (χ4v) is 5.36. The van der Waals surface area contributed by atoms with Crippen molar-refractivity contribution in [2.45, 2.75) is 52.2 Å². The molecule has 1 saturated heterocycles. The number of anilines is 1. The van der Waals surface area contributed by atoms with Gasteiger partial charge in [0.1, 0.15) is 0 Å². The molecule has 0 spiro atoms. The first-order valence-electron chi connectivity index (χ1n) is 12.1. The van der Waals surface area contributed by atoms with Crippen LogP contribution in [0.15, 0.2) is 79.3 Å². The largest absolute Gasteiger partial charge is 0.351 e. The van der Waals surface area contributed by atoms with Crippen molar-refractivity contribution in [3.63, 3.8) is 0 Å². The van der Waals surface area contributed by atoms with Crippen LogP contribution in [0.4, 0.5) is 5.69 Å². The van der Waals surface area contributed by atoms with Gasteiger partial charge in [0, 0.05) is 42.2 Å². The number of rotatable bonds is 6. The van der Waals surface area contributed by atoms with Crippen molar-refractivity contribution in [3.05, 3.63) is 113 Å². The molecule has 3 aromatic heterocycles. The Hall–Kier alpha value is -3.51. The molecule has 178 valence electrons. The molecular weight excluding hydrogens is 450 g/mol. The standard InChI is InChI=1S/C29H31N5S/c1-19(2)23-10-12-24(13-11-23)34-28(27(32-29(34)35)26-9-5-6-15-31-26)25-16-20(3)33(21(25)4)18-22-8-7-14-30-17-22/h5-17,19,27-28H,18H2,1-4H3,(H,32,35)/t27-,28+/m1/s1. The topological polar surface area (TPSA) is 46.0 Å². The molecule has 5 nitrogen and oxygen atoms in total. The maximum absolute atomic E-state index is 5.92. The molecule has 0 aliphatic carbocycles. The Morgan fingerprint density at radius 1 is 1.00 bits per heavy atom. The zero-order valence-corrected chi connectivity index (χ0v) is 21.5. The van der Waals surface area contributed by atoms with E-state index in [1.165, 1.54) is 28.1 Å². The van der Waals surface area contributed by atoms with Crippen LogP contribution in [0.3, 0.4) is 0 Å². The highest BCUT2D eigenvalue weighted by molar-refractivity contribution is 7.80. The van der Waals surface area contributed by atoms with Gasteiger partial charge in [-0.2, -0.15) is 0 Å². The third-order valence-electron chi connectivity index (χ3n) is 6.93. The zero-order valence-electron chi connectivity index (χ0n) is 20.6. The Bertz CT molecular complexity index is 1310. The van der Waals surface area contributed by atoms with Crippen LogP contribution in [0.1, 0.15) is 65.6 Å². The number of hydrogen-bond donors (Lipinski definition) is 1. The Balaban J connectivity index is 1.60. The van der Waals surface area contributed by atoms with E-state index in [9.17, 15) is 0 Å². The highest BCUT2D eigenvalue weighted by atomic mass is 32.1. The molecule has 0 amide bonds. The molecule has 1 N–H and O–H groups in total. The molecule has 35 heavy (non-hydrogen) atoms. The average Bonchev–Trinajstić information content (AvgIpc) is 3.36. The van der Waals surface area contributed by atoms with Crippen LogP contribution < -0.4 is 10.2 Å². The minimum absolute atomic E-state index is 0.0175. The molecule has 1 fully saturated rings. The summed E-state index contributed by atoms with van der Waals surface area (Å²) >= 11 is 5.92. The van der Waals surface area contributed by atoms with Crippen LogP contribution in [0.5, 0.6) is 0 Å². The summed E-state index contributed by atoms with van der Waals surface area (Å²) < 4.78 is 2.36. The lowest BCUT2D eigenvalue weighted by molar-refractivity contribution is 0.563. The summed E-state index contributed by atoms with van der Waals surface area (Å²) in [5.74, 6) is 0.483. The number of aryl methyl sites for hydroxylation is 1. The normalized spacial score (nSPS) is 17.7. The summed E-state index contributed by atoms with van der Waals surface area (Å²) in [5, 5.41) is 4.31. The van der Waals surface area contributed by atoms with E-state index >= 15 is 0 Å². The average molecular weight is 482 g/mol. The lowest BCUT2D eigenvalue weighted by atomic mass is 9.96. The molecule has 4 heterocycles. The van der Waals surface area contributed by atoms with Crippen LogP contribution in [0, 0.1) is 13.8 Å². The van der Waals surface area contributed by atoms with E-state index in [2.05, 4.69) is 89.9 Å². The monoisotopic (exact) mass is 481 g/mol. The van der Waals surface area contributed by atoms with E-state index in [0.29, 0.717) is 5.92 Å². The molecule has 6 heteroatoms. The first kappa shape index (κ1) is 23.2. The van der Waals surface area contributed by atoms with Gasteiger partial charge in [-0.25, -0.2) is 0 Å². The number of hydrogen-bond acceptors (Lipinski definition) is 3. The van der Waals surface area contributed by atoms with Gasteiger partial charge < -0.3 is 14.8 Å². The summed E-state index contributed by atoms with van der Waals surface area (Å²) in [6.07, 6.45) is 5.60. The minimum Gasteiger partial charge on any atom is -0.351 e. The number of thiocarbonyl (C=S) groups is 1. The summed E-state index contributed by atoms with van der Waals surface area (Å²) in [6.45, 7) is 9.59. The van der Waals surface area contributed by atoms with Crippen molar-refractivity contribution in [2.75, 3.05) is 4.90 Å². The fourth-order valence-electron chi connectivity index (χ4n) is 5.01. The van der Waals surface area contributed by atoms with Crippen LogP contribution in [-0.4, -0.2) is 19.6 Å². The van der Waals surface area contributed by atoms with Crippen LogP contribution in [0.25, 0.3) is 0 Å². The van der Waals surface area contributed by atoms with E-state index in [1.807, 2.05) is 36.8 Å². The molecule has 1 aliphatic rings. The van der Waals surface area contributed by atoms with Gasteiger partial charge >= 0.3 is 0 Å². The van der Waals surface area contributed by atoms with Crippen LogP contribution >= 0.6 is 12.2 Å². The summed E-state index contributed by atoms with van der Waals surface area (Å²) in [5.41, 5.74) is 8.28. The number of aromatic nitrogens is 3. The first-order chi connectivity index (χ1) is 16.9. The Kier molecular flexibility index (Phi) is 6.39. The maximum Gasteiger partial charge on any atom is 0.174 e. The predicted molar refractivity (Wildman–Crippen MR) is 146 cm³/mol. The van der Waals surface area contributed by atoms with E-state index in [1.54, 1.807) is 0 Å². The lowest BCUT2D eigenvalue weighted by Gasteiger charge is -2.28. The Labute approximate surface area is 212 Å². The molecular formula is C29H31N5S. The summed E-state index contributed by atoms with van der Waals surface area (Å²) in [7, 11) is 0. The third-order valence-corrected chi connectivity index (χ3v) is 7.25. The van der Waals surface area contributed by atoms with Gasteiger partial charge in [0.2, 0.25) is 0 Å². The minimum atomic E-state index is -0.0548. The molecule has 0 saturated carbocycles. The van der Waals surface area contributed by atoms with Crippen molar-refractivity contribution in [3.8, 4) is 0 Å². The molecule has 2 atom stereocenters. The van der Waals surface area contributed by atoms with E-state index < -0.39 is 0 Å². The first-order valence-corrected chi connectivity index (χ1v) is 12.5. The highest BCUT2D eigenvalue weighted by Gasteiger charge is 2.42. The van der Waals surface area contributed by atoms with Crippen molar-refractivity contribution in [1.29, 1.82) is 0 Å². The van der Waals surface area contributed by atoms with Gasteiger partial charge in [-0.15, -0.1) is 0 Å². The zero-order chi connectivity index (χ0) is 24.5. The molecule has 0 bridgehead atoms. The van der Waals surface area contributed by atoms with Crippen LogP contribution in [-0.2, 0) is 6.54 Å². The lowest BCUT2D eigenvalue weighted by Crippen LogP contribution is -2.29. The van der Waals surface area contributed by atoms with Gasteiger partial charge in [0.15, 0.2) is 5.11 Å². The van der Waals surface area contributed by atoms with E-state index in [4.69, 9.17) is 17.2 Å².